The van der Waals surface area contributed by atoms with Gasteiger partial charge in [-0.25, -0.2) is 9.59 Å². The number of allylic oxidation sites excluding steroid dienone is 1. The van der Waals surface area contributed by atoms with Crippen LogP contribution in [0.4, 0.5) is 0 Å². The highest BCUT2D eigenvalue weighted by atomic mass is 16.7. The van der Waals surface area contributed by atoms with Gasteiger partial charge in [0.25, 0.3) is 0 Å². The first-order valence-electron chi connectivity index (χ1n) is 7.11. The summed E-state index contributed by atoms with van der Waals surface area (Å²) in [5, 5.41) is 0. The molecule has 4 rings (SSSR count). The van der Waals surface area contributed by atoms with Crippen molar-refractivity contribution in [3.05, 3.63) is 23.5 Å². The summed E-state index contributed by atoms with van der Waals surface area (Å²) >= 11 is 0. The molecule has 5 atom stereocenters. The average molecular weight is 292 g/mol. The summed E-state index contributed by atoms with van der Waals surface area (Å²) in [5.74, 6) is -0.918. The number of carbonyl (C=O) groups excluding carboxylic acids is 2. The fourth-order valence-electron chi connectivity index (χ4n) is 4.26. The van der Waals surface area contributed by atoms with Gasteiger partial charge in [0, 0.05) is 5.92 Å². The molecule has 3 heterocycles. The number of hydrogen-bond donors (Lipinski definition) is 0. The highest BCUT2D eigenvalue weighted by Gasteiger charge is 2.72. The molecule has 3 aliphatic heterocycles. The maximum atomic E-state index is 12.0. The first-order valence-corrected chi connectivity index (χ1v) is 7.11. The molecule has 0 aromatic heterocycles. The summed E-state index contributed by atoms with van der Waals surface area (Å²) in [6.45, 7) is 1.80. The summed E-state index contributed by atoms with van der Waals surface area (Å²) in [6, 6.07) is 0. The van der Waals surface area contributed by atoms with E-state index in [0.29, 0.717) is 17.6 Å². The van der Waals surface area contributed by atoms with Gasteiger partial charge in [0.15, 0.2) is 5.60 Å². The lowest BCUT2D eigenvalue weighted by Gasteiger charge is -2.32. The van der Waals surface area contributed by atoms with Crippen molar-refractivity contribution in [2.75, 3.05) is 7.11 Å². The molecule has 0 aromatic rings. The van der Waals surface area contributed by atoms with E-state index in [-0.39, 0.29) is 17.8 Å². The monoisotopic (exact) mass is 292 g/mol. The minimum absolute atomic E-state index is 0.0507. The Balaban J connectivity index is 1.75. The Morgan fingerprint density at radius 2 is 2.33 bits per heavy atom. The predicted octanol–water partition coefficient (Wildman–Crippen LogP) is 1.07. The summed E-state index contributed by atoms with van der Waals surface area (Å²) in [6.07, 6.45) is 3.73. The van der Waals surface area contributed by atoms with E-state index in [4.69, 9.17) is 18.9 Å². The third kappa shape index (κ3) is 1.41. The number of hydrogen-bond acceptors (Lipinski definition) is 6. The molecule has 112 valence electrons. The number of carbonyl (C=O) groups is 2. The molecule has 0 amide bonds. The van der Waals surface area contributed by atoms with Crippen molar-refractivity contribution in [1.29, 1.82) is 0 Å². The van der Waals surface area contributed by atoms with Crippen molar-refractivity contribution in [2.45, 2.75) is 37.8 Å². The summed E-state index contributed by atoms with van der Waals surface area (Å²) in [4.78, 5) is 23.9. The third-order valence-corrected chi connectivity index (χ3v) is 5.11. The van der Waals surface area contributed by atoms with Crippen molar-refractivity contribution in [1.82, 2.24) is 0 Å². The van der Waals surface area contributed by atoms with Crippen molar-refractivity contribution in [3.8, 4) is 0 Å². The van der Waals surface area contributed by atoms with Crippen LogP contribution in [0.1, 0.15) is 19.8 Å². The molecule has 0 aromatic carbocycles. The standard InChI is InChI=1S/C15H16O6/c1-3-7-11-15(21-13(7)17)5-4-8-9(12(16)18-2)6-19-14(20-11)10(8)15/h3,6,8,10-11,14H,4-5H2,1-2H3/b7-3-. The summed E-state index contributed by atoms with van der Waals surface area (Å²) in [5.41, 5.74) is 0.361. The van der Waals surface area contributed by atoms with Gasteiger partial charge in [-0.1, -0.05) is 6.08 Å². The zero-order valence-electron chi connectivity index (χ0n) is 11.8. The van der Waals surface area contributed by atoms with E-state index >= 15 is 0 Å². The van der Waals surface area contributed by atoms with E-state index in [1.54, 1.807) is 13.0 Å². The van der Waals surface area contributed by atoms with Crippen LogP contribution < -0.4 is 0 Å². The van der Waals surface area contributed by atoms with Gasteiger partial charge in [-0.15, -0.1) is 0 Å². The van der Waals surface area contributed by atoms with Gasteiger partial charge in [0.2, 0.25) is 6.29 Å². The molecule has 5 unspecified atom stereocenters. The largest absolute Gasteiger partial charge is 0.471 e. The zero-order chi connectivity index (χ0) is 14.8. The van der Waals surface area contributed by atoms with Crippen LogP contribution in [0.5, 0.6) is 0 Å². The van der Waals surface area contributed by atoms with Gasteiger partial charge in [-0.2, -0.15) is 0 Å². The van der Waals surface area contributed by atoms with E-state index in [2.05, 4.69) is 0 Å². The molecule has 0 bridgehead atoms. The minimum Gasteiger partial charge on any atom is -0.471 e. The first kappa shape index (κ1) is 12.9. The average Bonchev–Trinajstić information content (AvgIpc) is 3.08. The Hall–Kier alpha value is -1.82. The van der Waals surface area contributed by atoms with Gasteiger partial charge < -0.3 is 18.9 Å². The quantitative estimate of drug-likeness (QED) is 0.532. The molecule has 3 fully saturated rings. The normalized spacial score (nSPS) is 44.8. The molecule has 21 heavy (non-hydrogen) atoms. The minimum atomic E-state index is -0.693. The molecular weight excluding hydrogens is 276 g/mol. The lowest BCUT2D eigenvalue weighted by atomic mass is 9.80. The predicted molar refractivity (Wildman–Crippen MR) is 68.6 cm³/mol. The Morgan fingerprint density at radius 3 is 3.05 bits per heavy atom. The molecule has 6 heteroatoms. The summed E-state index contributed by atoms with van der Waals surface area (Å²) < 4.78 is 22.0. The van der Waals surface area contributed by atoms with Gasteiger partial charge in [0.1, 0.15) is 6.10 Å². The summed E-state index contributed by atoms with van der Waals surface area (Å²) in [7, 11) is 1.35. The van der Waals surface area contributed by atoms with E-state index in [0.717, 1.165) is 6.42 Å². The molecule has 1 aliphatic carbocycles. The first-order chi connectivity index (χ1) is 10.1. The molecule has 6 nitrogen and oxygen atoms in total. The van der Waals surface area contributed by atoms with Crippen LogP contribution in [0.15, 0.2) is 23.5 Å². The Bertz CT molecular complexity index is 591. The van der Waals surface area contributed by atoms with Gasteiger partial charge in [0.05, 0.1) is 30.4 Å². The van der Waals surface area contributed by atoms with E-state index in [9.17, 15) is 9.59 Å². The maximum absolute atomic E-state index is 12.0. The Morgan fingerprint density at radius 1 is 1.52 bits per heavy atom. The van der Waals surface area contributed by atoms with Crippen molar-refractivity contribution in [2.24, 2.45) is 11.8 Å². The van der Waals surface area contributed by atoms with Crippen LogP contribution in [0, 0.1) is 11.8 Å². The van der Waals surface area contributed by atoms with Crippen molar-refractivity contribution < 1.29 is 28.5 Å². The molecule has 0 radical (unpaired) electrons. The third-order valence-electron chi connectivity index (χ3n) is 5.11. The molecule has 1 spiro atoms. The lowest BCUT2D eigenvalue weighted by Crippen LogP contribution is -2.43. The van der Waals surface area contributed by atoms with Crippen LogP contribution in [0.2, 0.25) is 0 Å². The van der Waals surface area contributed by atoms with E-state index in [1.165, 1.54) is 13.4 Å². The van der Waals surface area contributed by atoms with Crippen molar-refractivity contribution in [3.63, 3.8) is 0 Å². The fourth-order valence-corrected chi connectivity index (χ4v) is 4.26. The van der Waals surface area contributed by atoms with Crippen LogP contribution in [-0.2, 0) is 28.5 Å². The Kier molecular flexibility index (Phi) is 2.52. The topological polar surface area (TPSA) is 71.1 Å². The molecule has 4 aliphatic rings. The van der Waals surface area contributed by atoms with Crippen molar-refractivity contribution >= 4 is 11.9 Å². The molecule has 1 saturated carbocycles. The van der Waals surface area contributed by atoms with Crippen LogP contribution in [0.25, 0.3) is 0 Å². The van der Waals surface area contributed by atoms with E-state index in [1.807, 2.05) is 0 Å². The van der Waals surface area contributed by atoms with Crippen LogP contribution >= 0.6 is 0 Å². The second-order valence-corrected chi connectivity index (χ2v) is 5.84. The number of rotatable bonds is 1. The van der Waals surface area contributed by atoms with Crippen LogP contribution in [-0.4, -0.2) is 37.0 Å². The maximum Gasteiger partial charge on any atom is 0.337 e. The SMILES string of the molecule is C/C=C1\C(=O)OC23CCC4C(C(=O)OC)=COC(OC12)C43. The molecule has 0 N–H and O–H groups in total. The number of ether oxygens (including phenoxy) is 4. The zero-order valence-corrected chi connectivity index (χ0v) is 11.8. The Labute approximate surface area is 121 Å². The highest BCUT2D eigenvalue weighted by Crippen LogP contribution is 2.61. The highest BCUT2D eigenvalue weighted by molar-refractivity contribution is 5.94. The number of esters is 2. The molecular formula is C15H16O6. The fraction of sp³-hybridized carbons (Fsp3) is 0.600. The second kappa shape index (κ2) is 4.10. The lowest BCUT2D eigenvalue weighted by molar-refractivity contribution is -0.154. The van der Waals surface area contributed by atoms with Crippen LogP contribution in [0.3, 0.4) is 0 Å². The second-order valence-electron chi connectivity index (χ2n) is 5.84. The van der Waals surface area contributed by atoms with Gasteiger partial charge in [-0.3, -0.25) is 0 Å². The van der Waals surface area contributed by atoms with E-state index < -0.39 is 24.0 Å². The van der Waals surface area contributed by atoms with Gasteiger partial charge in [-0.05, 0) is 19.8 Å². The number of methoxy groups -OCH3 is 1. The molecule has 2 saturated heterocycles. The van der Waals surface area contributed by atoms with Gasteiger partial charge >= 0.3 is 11.9 Å². The smallest absolute Gasteiger partial charge is 0.337 e.